The second-order valence-electron chi connectivity index (χ2n) is 5.92. The van der Waals surface area contributed by atoms with E-state index in [0.29, 0.717) is 0 Å². The lowest BCUT2D eigenvalue weighted by Gasteiger charge is -1.99. The van der Waals surface area contributed by atoms with Gasteiger partial charge in [0.2, 0.25) is 5.69 Å². The van der Waals surface area contributed by atoms with Crippen LogP contribution in [-0.4, -0.2) is 4.57 Å². The van der Waals surface area contributed by atoms with Crippen molar-refractivity contribution in [3.05, 3.63) is 78.1 Å². The number of hydrogen-bond acceptors (Lipinski definition) is 0. The largest absolute Gasteiger partial charge is 1.00 e. The zero-order valence-electron chi connectivity index (χ0n) is 13.8. The van der Waals surface area contributed by atoms with Crippen molar-refractivity contribution >= 4 is 34.0 Å². The van der Waals surface area contributed by atoms with E-state index < -0.39 is 0 Å². The Morgan fingerprint density at radius 2 is 1.58 bits per heavy atom. The molecular weight excluding hydrogens is 407 g/mol. The van der Waals surface area contributed by atoms with Crippen molar-refractivity contribution in [1.82, 2.24) is 4.57 Å². The monoisotopic (exact) mass is 426 g/mol. The zero-order valence-corrected chi connectivity index (χ0v) is 15.9. The maximum absolute atomic E-state index is 2.27. The summed E-state index contributed by atoms with van der Waals surface area (Å²) in [5.74, 6) is 0. The Labute approximate surface area is 159 Å². The van der Waals surface area contributed by atoms with Gasteiger partial charge in [-0.15, -0.1) is 0 Å². The standard InChI is InChI=1S/C21H19N2.HI/c1-22-14-6-5-7-17(22)12-10-16-11-13-19-18-8-3-4-9-20(18)23(2)21(19)15-16;/h3-15H,1-2H3;1H/q+1;/p-1. The molecule has 0 aliphatic heterocycles. The highest BCUT2D eigenvalue weighted by Crippen LogP contribution is 2.28. The minimum Gasteiger partial charge on any atom is -1.00 e. The molecule has 2 heterocycles. The van der Waals surface area contributed by atoms with Crippen molar-refractivity contribution in [3.63, 3.8) is 0 Å². The average molecular weight is 426 g/mol. The summed E-state index contributed by atoms with van der Waals surface area (Å²) in [6.45, 7) is 0. The minimum absolute atomic E-state index is 0. The summed E-state index contributed by atoms with van der Waals surface area (Å²) >= 11 is 0. The fourth-order valence-electron chi connectivity index (χ4n) is 3.17. The van der Waals surface area contributed by atoms with Crippen molar-refractivity contribution in [2.24, 2.45) is 14.1 Å². The molecule has 120 valence electrons. The number of aryl methyl sites for hydroxylation is 2. The minimum atomic E-state index is 0. The highest BCUT2D eigenvalue weighted by atomic mass is 127. The van der Waals surface area contributed by atoms with E-state index in [9.17, 15) is 0 Å². The first-order valence-electron chi connectivity index (χ1n) is 7.84. The number of para-hydroxylation sites is 1. The molecule has 0 amide bonds. The number of hydrogen-bond donors (Lipinski definition) is 0. The number of pyridine rings is 1. The molecule has 2 aromatic heterocycles. The Kier molecular flexibility index (Phi) is 4.71. The van der Waals surface area contributed by atoms with Gasteiger partial charge in [0.15, 0.2) is 6.20 Å². The number of fused-ring (bicyclic) bond motifs is 3. The van der Waals surface area contributed by atoms with Crippen molar-refractivity contribution in [2.45, 2.75) is 0 Å². The summed E-state index contributed by atoms with van der Waals surface area (Å²) in [6, 6.07) is 21.5. The third-order valence-electron chi connectivity index (χ3n) is 4.48. The van der Waals surface area contributed by atoms with Crippen LogP contribution in [0, 0.1) is 0 Å². The molecule has 0 unspecified atom stereocenters. The zero-order chi connectivity index (χ0) is 15.8. The van der Waals surface area contributed by atoms with Gasteiger partial charge in [0.05, 0.1) is 0 Å². The molecule has 2 nitrogen and oxygen atoms in total. The number of aromatic nitrogens is 2. The summed E-state index contributed by atoms with van der Waals surface area (Å²) < 4.78 is 4.39. The first-order chi connectivity index (χ1) is 11.2. The third-order valence-corrected chi connectivity index (χ3v) is 4.48. The molecule has 24 heavy (non-hydrogen) atoms. The van der Waals surface area contributed by atoms with Gasteiger partial charge in [-0.3, -0.25) is 0 Å². The summed E-state index contributed by atoms with van der Waals surface area (Å²) in [4.78, 5) is 0. The van der Waals surface area contributed by atoms with E-state index in [0.717, 1.165) is 0 Å². The van der Waals surface area contributed by atoms with E-state index in [1.54, 1.807) is 0 Å². The van der Waals surface area contributed by atoms with Crippen molar-refractivity contribution in [3.8, 4) is 0 Å². The van der Waals surface area contributed by atoms with Gasteiger partial charge in [0, 0.05) is 47.1 Å². The molecule has 2 aromatic carbocycles. The maximum Gasteiger partial charge on any atom is 0.204 e. The molecule has 0 saturated heterocycles. The number of nitrogens with zero attached hydrogens (tertiary/aromatic N) is 2. The van der Waals surface area contributed by atoms with Gasteiger partial charge >= 0.3 is 0 Å². The second-order valence-corrected chi connectivity index (χ2v) is 5.92. The number of rotatable bonds is 2. The molecule has 0 aliphatic carbocycles. The molecule has 0 bridgehead atoms. The van der Waals surface area contributed by atoms with Crippen LogP contribution in [0.15, 0.2) is 66.9 Å². The van der Waals surface area contributed by atoms with E-state index in [4.69, 9.17) is 0 Å². The lowest BCUT2D eigenvalue weighted by molar-refractivity contribution is -0.673. The third kappa shape index (κ3) is 2.84. The average Bonchev–Trinajstić information content (AvgIpc) is 2.87. The fourth-order valence-corrected chi connectivity index (χ4v) is 3.17. The summed E-state index contributed by atoms with van der Waals surface area (Å²) in [5.41, 5.74) is 4.95. The van der Waals surface area contributed by atoms with E-state index in [2.05, 4.69) is 96.2 Å². The molecular formula is C21H19IN2. The molecule has 0 atom stereocenters. The van der Waals surface area contributed by atoms with Crippen LogP contribution in [0.5, 0.6) is 0 Å². The maximum atomic E-state index is 2.27. The van der Waals surface area contributed by atoms with Gasteiger partial charge < -0.3 is 28.5 Å². The van der Waals surface area contributed by atoms with Crippen LogP contribution in [0.2, 0.25) is 0 Å². The fraction of sp³-hybridized carbons (Fsp3) is 0.0952. The van der Waals surface area contributed by atoms with Crippen LogP contribution in [0.1, 0.15) is 11.3 Å². The van der Waals surface area contributed by atoms with E-state index >= 15 is 0 Å². The van der Waals surface area contributed by atoms with Crippen molar-refractivity contribution in [1.29, 1.82) is 0 Å². The van der Waals surface area contributed by atoms with E-state index in [1.165, 1.54) is 33.1 Å². The SMILES string of the molecule is Cn1c2ccccc2c2ccc(/C=C/c3cccc[n+]3C)cc21.[I-]. The molecule has 0 spiro atoms. The molecule has 0 N–H and O–H groups in total. The Balaban J connectivity index is 0.00000169. The molecule has 0 fully saturated rings. The van der Waals surface area contributed by atoms with Crippen LogP contribution in [-0.2, 0) is 14.1 Å². The Bertz CT molecular complexity index is 1040. The van der Waals surface area contributed by atoms with Gasteiger partial charge in [-0.05, 0) is 29.8 Å². The molecule has 4 rings (SSSR count). The van der Waals surface area contributed by atoms with Crippen molar-refractivity contribution in [2.75, 3.05) is 0 Å². The smallest absolute Gasteiger partial charge is 0.204 e. The first-order valence-corrected chi connectivity index (χ1v) is 7.84. The van der Waals surface area contributed by atoms with Crippen LogP contribution in [0.4, 0.5) is 0 Å². The van der Waals surface area contributed by atoms with Crippen LogP contribution >= 0.6 is 0 Å². The predicted molar refractivity (Wildman–Crippen MR) is 97.0 cm³/mol. The van der Waals surface area contributed by atoms with E-state index in [-0.39, 0.29) is 24.0 Å². The Morgan fingerprint density at radius 3 is 2.42 bits per heavy atom. The van der Waals surface area contributed by atoms with Gasteiger partial charge in [-0.25, -0.2) is 4.57 Å². The quantitative estimate of drug-likeness (QED) is 0.338. The molecule has 4 aromatic rings. The first kappa shape index (κ1) is 16.7. The Hall–Kier alpha value is -2.14. The predicted octanol–water partition coefficient (Wildman–Crippen LogP) is 1.33. The molecule has 3 heteroatoms. The number of benzene rings is 2. The van der Waals surface area contributed by atoms with Gasteiger partial charge in [-0.2, -0.15) is 0 Å². The topological polar surface area (TPSA) is 8.81 Å². The Morgan fingerprint density at radius 1 is 0.833 bits per heavy atom. The summed E-state index contributed by atoms with van der Waals surface area (Å²) in [6.07, 6.45) is 6.39. The number of halogens is 1. The lowest BCUT2D eigenvalue weighted by Crippen LogP contribution is -3.00. The van der Waals surface area contributed by atoms with Crippen LogP contribution in [0.3, 0.4) is 0 Å². The molecule has 0 saturated carbocycles. The molecule has 0 radical (unpaired) electrons. The van der Waals surface area contributed by atoms with Crippen LogP contribution in [0.25, 0.3) is 34.0 Å². The lowest BCUT2D eigenvalue weighted by atomic mass is 10.1. The normalized spacial score (nSPS) is 11.2. The second kappa shape index (κ2) is 6.77. The summed E-state index contributed by atoms with van der Waals surface area (Å²) in [5, 5.41) is 2.63. The van der Waals surface area contributed by atoms with Crippen LogP contribution < -0.4 is 28.5 Å². The molecule has 0 aliphatic rings. The highest BCUT2D eigenvalue weighted by molar-refractivity contribution is 6.08. The van der Waals surface area contributed by atoms with Gasteiger partial charge in [-0.1, -0.05) is 30.3 Å². The van der Waals surface area contributed by atoms with Gasteiger partial charge in [0.1, 0.15) is 7.05 Å². The highest BCUT2D eigenvalue weighted by Gasteiger charge is 2.07. The van der Waals surface area contributed by atoms with Gasteiger partial charge in [0.25, 0.3) is 0 Å². The summed E-state index contributed by atoms with van der Waals surface area (Å²) in [7, 11) is 4.20. The van der Waals surface area contributed by atoms with Crippen molar-refractivity contribution < 1.29 is 28.5 Å². The van der Waals surface area contributed by atoms with E-state index in [1.807, 2.05) is 6.07 Å².